The van der Waals surface area contributed by atoms with Crippen molar-refractivity contribution in [3.63, 3.8) is 0 Å². The maximum Gasteiger partial charge on any atom is 0.0945 e. The van der Waals surface area contributed by atoms with E-state index in [9.17, 15) is 5.11 Å². The van der Waals surface area contributed by atoms with Crippen molar-refractivity contribution in [2.24, 2.45) is 0 Å². The van der Waals surface area contributed by atoms with E-state index in [1.165, 1.54) is 4.90 Å². The van der Waals surface area contributed by atoms with Crippen LogP contribution in [0.4, 0.5) is 5.69 Å². The van der Waals surface area contributed by atoms with Gasteiger partial charge < -0.3 is 15.2 Å². The summed E-state index contributed by atoms with van der Waals surface area (Å²) < 4.78 is 5.54. The molecule has 0 aliphatic heterocycles. The summed E-state index contributed by atoms with van der Waals surface area (Å²) in [5.74, 6) is 0. The number of rotatable bonds is 6. The van der Waals surface area contributed by atoms with Crippen LogP contribution in [0.1, 0.15) is 20.8 Å². The van der Waals surface area contributed by atoms with E-state index in [0.717, 1.165) is 5.69 Å². The molecular formula is C14H23NO2S. The number of thioether (sulfide) groups is 1. The van der Waals surface area contributed by atoms with E-state index in [0.29, 0.717) is 13.2 Å². The first-order chi connectivity index (χ1) is 8.42. The third-order valence-electron chi connectivity index (χ3n) is 2.34. The van der Waals surface area contributed by atoms with Gasteiger partial charge in [-0.2, -0.15) is 0 Å². The molecular weight excluding hydrogens is 246 g/mol. The van der Waals surface area contributed by atoms with Crippen molar-refractivity contribution in [1.29, 1.82) is 0 Å². The van der Waals surface area contributed by atoms with Crippen molar-refractivity contribution < 1.29 is 9.84 Å². The number of anilines is 1. The van der Waals surface area contributed by atoms with Crippen LogP contribution in [0, 0.1) is 0 Å². The molecule has 0 aliphatic rings. The van der Waals surface area contributed by atoms with Crippen molar-refractivity contribution in [2.75, 3.05) is 24.7 Å². The van der Waals surface area contributed by atoms with Crippen LogP contribution in [0.2, 0.25) is 0 Å². The molecule has 1 aromatic rings. The number of hydrogen-bond donors (Lipinski definition) is 2. The van der Waals surface area contributed by atoms with E-state index in [-0.39, 0.29) is 5.60 Å². The minimum absolute atomic E-state index is 0.210. The maximum absolute atomic E-state index is 9.84. The lowest BCUT2D eigenvalue weighted by Crippen LogP contribution is -2.30. The van der Waals surface area contributed by atoms with E-state index in [1.807, 2.05) is 45.2 Å². The topological polar surface area (TPSA) is 41.5 Å². The fourth-order valence-corrected chi connectivity index (χ4v) is 2.00. The van der Waals surface area contributed by atoms with Crippen LogP contribution >= 0.6 is 11.8 Å². The highest BCUT2D eigenvalue weighted by Crippen LogP contribution is 2.24. The molecule has 18 heavy (non-hydrogen) atoms. The molecule has 0 saturated carbocycles. The number of aliphatic hydroxyl groups is 1. The average Bonchev–Trinajstić information content (AvgIpc) is 2.33. The van der Waals surface area contributed by atoms with Gasteiger partial charge in [-0.15, -0.1) is 11.8 Å². The van der Waals surface area contributed by atoms with Crippen LogP contribution in [-0.2, 0) is 4.74 Å². The second-order valence-electron chi connectivity index (χ2n) is 5.16. The zero-order chi connectivity index (χ0) is 13.6. The number of hydrogen-bond acceptors (Lipinski definition) is 4. The van der Waals surface area contributed by atoms with Crippen LogP contribution in [0.25, 0.3) is 0 Å². The molecule has 1 rings (SSSR count). The molecule has 0 fully saturated rings. The van der Waals surface area contributed by atoms with Gasteiger partial charge in [0.1, 0.15) is 0 Å². The van der Waals surface area contributed by atoms with E-state index in [2.05, 4.69) is 11.4 Å². The number of ether oxygens (including phenoxy) is 1. The van der Waals surface area contributed by atoms with Crippen LogP contribution in [0.5, 0.6) is 0 Å². The Morgan fingerprint density at radius 3 is 2.61 bits per heavy atom. The maximum atomic E-state index is 9.84. The van der Waals surface area contributed by atoms with Crippen LogP contribution in [0.3, 0.4) is 0 Å². The highest BCUT2D eigenvalue weighted by molar-refractivity contribution is 7.98. The minimum Gasteiger partial charge on any atom is -0.389 e. The molecule has 1 unspecified atom stereocenters. The van der Waals surface area contributed by atoms with E-state index >= 15 is 0 Å². The minimum atomic E-state index is -0.501. The molecule has 102 valence electrons. The lowest BCUT2D eigenvalue weighted by Gasteiger charge is -2.22. The summed E-state index contributed by atoms with van der Waals surface area (Å²) in [6.45, 7) is 6.79. The summed E-state index contributed by atoms with van der Waals surface area (Å²) in [5.41, 5.74) is 0.845. The molecule has 0 saturated heterocycles. The largest absolute Gasteiger partial charge is 0.389 e. The molecule has 0 radical (unpaired) electrons. The Kier molecular flexibility index (Phi) is 5.99. The Balaban J connectivity index is 2.40. The number of aliphatic hydroxyl groups excluding tert-OH is 1. The van der Waals surface area contributed by atoms with E-state index < -0.39 is 6.10 Å². The fraction of sp³-hybridized carbons (Fsp3) is 0.571. The number of benzene rings is 1. The third kappa shape index (κ3) is 5.76. The zero-order valence-electron chi connectivity index (χ0n) is 11.6. The fourth-order valence-electron chi connectivity index (χ4n) is 1.42. The molecule has 0 heterocycles. The smallest absolute Gasteiger partial charge is 0.0945 e. The van der Waals surface area contributed by atoms with Crippen LogP contribution in [0.15, 0.2) is 29.2 Å². The van der Waals surface area contributed by atoms with Crippen LogP contribution in [-0.4, -0.2) is 36.2 Å². The van der Waals surface area contributed by atoms with E-state index in [4.69, 9.17) is 4.74 Å². The number of para-hydroxylation sites is 1. The molecule has 0 aromatic heterocycles. The van der Waals surface area contributed by atoms with Gasteiger partial charge in [0.15, 0.2) is 0 Å². The molecule has 3 nitrogen and oxygen atoms in total. The Morgan fingerprint density at radius 1 is 1.33 bits per heavy atom. The lowest BCUT2D eigenvalue weighted by atomic mass is 10.2. The van der Waals surface area contributed by atoms with Crippen molar-refractivity contribution in [1.82, 2.24) is 0 Å². The first-order valence-corrected chi connectivity index (χ1v) is 7.34. The molecule has 1 atom stereocenters. The second-order valence-corrected chi connectivity index (χ2v) is 6.01. The standard InChI is InChI=1S/C14H23NO2S/c1-14(2,3)17-10-11(16)9-15-12-7-5-6-8-13(12)18-4/h5-8,11,15-16H,9-10H2,1-4H3. The molecule has 0 amide bonds. The predicted octanol–water partition coefficient (Wildman–Crippen LogP) is 3.00. The summed E-state index contributed by atoms with van der Waals surface area (Å²) in [6, 6.07) is 8.07. The van der Waals surface area contributed by atoms with Gasteiger partial charge in [-0.1, -0.05) is 12.1 Å². The molecule has 2 N–H and O–H groups in total. The molecule has 0 aliphatic carbocycles. The van der Waals surface area contributed by atoms with Gasteiger partial charge in [-0.05, 0) is 39.2 Å². The SMILES string of the molecule is CSc1ccccc1NCC(O)COC(C)(C)C. The van der Waals surface area contributed by atoms with Gasteiger partial charge in [-0.3, -0.25) is 0 Å². The predicted molar refractivity (Wildman–Crippen MR) is 78.4 cm³/mol. The monoisotopic (exact) mass is 269 g/mol. The number of nitrogens with one attached hydrogen (secondary N) is 1. The Labute approximate surface area is 114 Å². The first-order valence-electron chi connectivity index (χ1n) is 6.11. The van der Waals surface area contributed by atoms with Crippen LogP contribution < -0.4 is 5.32 Å². The van der Waals surface area contributed by atoms with Crippen molar-refractivity contribution in [2.45, 2.75) is 37.4 Å². The Bertz CT molecular complexity index is 363. The van der Waals surface area contributed by atoms with Gasteiger partial charge in [0, 0.05) is 17.1 Å². The highest BCUT2D eigenvalue weighted by atomic mass is 32.2. The highest BCUT2D eigenvalue weighted by Gasteiger charge is 2.13. The quantitative estimate of drug-likeness (QED) is 0.779. The summed E-state index contributed by atoms with van der Waals surface area (Å²) in [6.07, 6.45) is 1.54. The molecule has 0 spiro atoms. The normalized spacial score (nSPS) is 13.4. The molecule has 0 bridgehead atoms. The zero-order valence-corrected chi connectivity index (χ0v) is 12.4. The first kappa shape index (κ1) is 15.3. The Hall–Kier alpha value is -0.710. The molecule has 1 aromatic carbocycles. The average molecular weight is 269 g/mol. The van der Waals surface area contributed by atoms with Gasteiger partial charge in [0.05, 0.1) is 18.3 Å². The summed E-state index contributed by atoms with van der Waals surface area (Å²) in [4.78, 5) is 1.18. The summed E-state index contributed by atoms with van der Waals surface area (Å²) in [5, 5.41) is 13.1. The van der Waals surface area contributed by atoms with Crippen molar-refractivity contribution in [3.8, 4) is 0 Å². The Morgan fingerprint density at radius 2 is 2.00 bits per heavy atom. The van der Waals surface area contributed by atoms with Crippen molar-refractivity contribution >= 4 is 17.4 Å². The second kappa shape index (κ2) is 7.02. The van der Waals surface area contributed by atoms with Crippen molar-refractivity contribution in [3.05, 3.63) is 24.3 Å². The van der Waals surface area contributed by atoms with Gasteiger partial charge in [-0.25, -0.2) is 0 Å². The van der Waals surface area contributed by atoms with Gasteiger partial charge in [0.2, 0.25) is 0 Å². The lowest BCUT2D eigenvalue weighted by molar-refractivity contribution is -0.0449. The van der Waals surface area contributed by atoms with Gasteiger partial charge >= 0.3 is 0 Å². The summed E-state index contributed by atoms with van der Waals surface area (Å²) in [7, 11) is 0. The third-order valence-corrected chi connectivity index (χ3v) is 3.14. The van der Waals surface area contributed by atoms with Gasteiger partial charge in [0.25, 0.3) is 0 Å². The molecule has 4 heteroatoms. The van der Waals surface area contributed by atoms with E-state index in [1.54, 1.807) is 11.8 Å². The summed E-state index contributed by atoms with van der Waals surface area (Å²) >= 11 is 1.69.